The molecule has 2 nitrogen and oxygen atoms in total. The first kappa shape index (κ1) is 13.1. The summed E-state index contributed by atoms with van der Waals surface area (Å²) in [6, 6.07) is 8.45. The van der Waals surface area contributed by atoms with Crippen LogP contribution >= 0.6 is 0 Å². The molecule has 98 valence electrons. The molecule has 0 fully saturated rings. The fourth-order valence-corrected chi connectivity index (χ4v) is 2.42. The van der Waals surface area contributed by atoms with Crippen LogP contribution in [0, 0.1) is 5.21 Å². The van der Waals surface area contributed by atoms with Crippen molar-refractivity contribution in [1.29, 1.82) is 0 Å². The van der Waals surface area contributed by atoms with Gasteiger partial charge in [0.05, 0.1) is 0 Å². The first-order valence-corrected chi connectivity index (χ1v) is 6.66. The van der Waals surface area contributed by atoms with Crippen LogP contribution < -0.4 is 0 Å². The highest BCUT2D eigenvalue weighted by Crippen LogP contribution is 2.28. The van der Waals surface area contributed by atoms with E-state index in [1.54, 1.807) is 0 Å². The highest BCUT2D eigenvalue weighted by Gasteiger charge is 2.37. The van der Waals surface area contributed by atoms with Crippen molar-refractivity contribution in [3.63, 3.8) is 0 Å². The molecule has 1 aromatic carbocycles. The van der Waals surface area contributed by atoms with Gasteiger partial charge < -0.3 is 5.21 Å². The Hall–Kier alpha value is -1.31. The van der Waals surface area contributed by atoms with Gasteiger partial charge in [-0.05, 0) is 23.1 Å². The molecule has 0 spiro atoms. The van der Waals surface area contributed by atoms with Crippen molar-refractivity contribution < 1.29 is 4.74 Å². The lowest BCUT2D eigenvalue weighted by Gasteiger charge is -2.20. The van der Waals surface area contributed by atoms with Gasteiger partial charge in [-0.3, -0.25) is 0 Å². The molecule has 1 heterocycles. The fraction of sp³-hybridized carbons (Fsp3) is 0.562. The van der Waals surface area contributed by atoms with Crippen molar-refractivity contribution in [1.82, 2.24) is 0 Å². The van der Waals surface area contributed by atoms with E-state index in [0.29, 0.717) is 0 Å². The van der Waals surface area contributed by atoms with Gasteiger partial charge in [0.15, 0.2) is 11.3 Å². The van der Waals surface area contributed by atoms with Gasteiger partial charge >= 0.3 is 0 Å². The summed E-state index contributed by atoms with van der Waals surface area (Å²) < 4.78 is 1.19. The molecule has 0 saturated carbocycles. The first-order chi connectivity index (χ1) is 8.22. The van der Waals surface area contributed by atoms with E-state index >= 15 is 0 Å². The minimum atomic E-state index is -0.252. The summed E-state index contributed by atoms with van der Waals surface area (Å²) in [7, 11) is 0. The average Bonchev–Trinajstić information content (AvgIpc) is 2.53. The SMILES string of the molecule is CC(C)(C)c1ccc(C2=[N+]([O-])C(C)(C)CC2)cc1. The van der Waals surface area contributed by atoms with E-state index < -0.39 is 0 Å². The van der Waals surface area contributed by atoms with Gasteiger partial charge in [-0.2, -0.15) is 0 Å². The summed E-state index contributed by atoms with van der Waals surface area (Å²) in [4.78, 5) is 0. The Morgan fingerprint density at radius 3 is 2.06 bits per heavy atom. The fourth-order valence-electron chi connectivity index (χ4n) is 2.42. The van der Waals surface area contributed by atoms with Crippen LogP contribution in [0.2, 0.25) is 0 Å². The topological polar surface area (TPSA) is 26.1 Å². The minimum Gasteiger partial charge on any atom is -0.623 e. The lowest BCUT2D eigenvalue weighted by atomic mass is 9.86. The second kappa shape index (κ2) is 4.11. The summed E-state index contributed by atoms with van der Waals surface area (Å²) in [6.07, 6.45) is 1.82. The van der Waals surface area contributed by atoms with E-state index in [0.717, 1.165) is 24.1 Å². The second-order valence-corrected chi connectivity index (χ2v) is 6.88. The molecule has 0 amide bonds. The molecule has 0 saturated heterocycles. The summed E-state index contributed by atoms with van der Waals surface area (Å²) in [6.45, 7) is 10.6. The van der Waals surface area contributed by atoms with Gasteiger partial charge in [-0.15, -0.1) is 0 Å². The average molecular weight is 245 g/mol. The zero-order valence-corrected chi connectivity index (χ0v) is 12.1. The third-order valence-corrected chi connectivity index (χ3v) is 3.85. The van der Waals surface area contributed by atoms with Crippen molar-refractivity contribution in [3.05, 3.63) is 40.6 Å². The summed E-state index contributed by atoms with van der Waals surface area (Å²) in [5.41, 5.74) is 3.22. The van der Waals surface area contributed by atoms with Crippen LogP contribution in [0.4, 0.5) is 0 Å². The smallest absolute Gasteiger partial charge is 0.195 e. The zero-order valence-electron chi connectivity index (χ0n) is 12.1. The molecule has 0 atom stereocenters. The molecule has 1 aromatic rings. The predicted molar refractivity (Wildman–Crippen MR) is 76.2 cm³/mol. The molecule has 18 heavy (non-hydrogen) atoms. The van der Waals surface area contributed by atoms with Gasteiger partial charge in [0.2, 0.25) is 0 Å². The van der Waals surface area contributed by atoms with Gasteiger partial charge in [0, 0.05) is 32.3 Å². The number of hydrogen-bond donors (Lipinski definition) is 0. The summed E-state index contributed by atoms with van der Waals surface area (Å²) in [5.74, 6) is 0. The maximum absolute atomic E-state index is 12.2. The van der Waals surface area contributed by atoms with Crippen molar-refractivity contribution in [2.75, 3.05) is 0 Å². The third kappa shape index (κ3) is 2.29. The molecule has 1 aliphatic rings. The predicted octanol–water partition coefficient (Wildman–Crippen LogP) is 3.86. The maximum atomic E-state index is 12.2. The van der Waals surface area contributed by atoms with Gasteiger partial charge in [-0.1, -0.05) is 32.9 Å². The molecule has 0 aromatic heterocycles. The van der Waals surface area contributed by atoms with Crippen molar-refractivity contribution in [3.8, 4) is 0 Å². The molecule has 1 aliphatic heterocycles. The molecular weight excluding hydrogens is 222 g/mol. The normalized spacial score (nSPS) is 19.4. The lowest BCUT2D eigenvalue weighted by Crippen LogP contribution is -2.29. The third-order valence-electron chi connectivity index (χ3n) is 3.85. The van der Waals surface area contributed by atoms with Crippen LogP contribution in [-0.4, -0.2) is 16.0 Å². The van der Waals surface area contributed by atoms with E-state index in [-0.39, 0.29) is 11.0 Å². The standard InChI is InChI=1S/C16H23NO/c1-15(2,3)13-8-6-12(7-9-13)14-10-11-16(4,5)17(14)18/h6-9H,10-11H2,1-5H3. The van der Waals surface area contributed by atoms with E-state index in [1.807, 2.05) is 13.8 Å². The van der Waals surface area contributed by atoms with Gasteiger partial charge in [-0.25, -0.2) is 4.74 Å². The molecule has 0 N–H and O–H groups in total. The van der Waals surface area contributed by atoms with Crippen molar-refractivity contribution in [2.45, 2.75) is 58.4 Å². The molecule has 0 unspecified atom stereocenters. The van der Waals surface area contributed by atoms with Crippen molar-refractivity contribution in [2.24, 2.45) is 0 Å². The van der Waals surface area contributed by atoms with Gasteiger partial charge in [0.1, 0.15) is 0 Å². The van der Waals surface area contributed by atoms with E-state index in [4.69, 9.17) is 0 Å². The second-order valence-electron chi connectivity index (χ2n) is 6.88. The van der Waals surface area contributed by atoms with E-state index in [1.165, 1.54) is 10.3 Å². The zero-order chi connectivity index (χ0) is 13.6. The Balaban J connectivity index is 2.35. The molecule has 0 aliphatic carbocycles. The Labute approximate surface area is 110 Å². The molecule has 2 rings (SSSR count). The number of hydrogen-bond acceptors (Lipinski definition) is 1. The molecular formula is C16H23NO. The van der Waals surface area contributed by atoms with Gasteiger partial charge in [0.25, 0.3) is 0 Å². The monoisotopic (exact) mass is 245 g/mol. The quantitative estimate of drug-likeness (QED) is 0.545. The van der Waals surface area contributed by atoms with Crippen molar-refractivity contribution >= 4 is 5.71 Å². The highest BCUT2D eigenvalue weighted by molar-refractivity contribution is 5.97. The Bertz CT molecular complexity index is 475. The van der Waals surface area contributed by atoms with Crippen LogP contribution in [0.1, 0.15) is 58.6 Å². The molecule has 2 heteroatoms. The number of nitrogens with zero attached hydrogens (tertiary/aromatic N) is 1. The highest BCUT2D eigenvalue weighted by atomic mass is 16.5. The largest absolute Gasteiger partial charge is 0.623 e. The van der Waals surface area contributed by atoms with Crippen LogP contribution in [0.5, 0.6) is 0 Å². The molecule has 0 bridgehead atoms. The number of hydroxylamine groups is 1. The first-order valence-electron chi connectivity index (χ1n) is 6.66. The Kier molecular flexibility index (Phi) is 3.00. The van der Waals surface area contributed by atoms with E-state index in [9.17, 15) is 5.21 Å². The minimum absolute atomic E-state index is 0.162. The number of benzene rings is 1. The van der Waals surface area contributed by atoms with Crippen LogP contribution in [0.25, 0.3) is 0 Å². The summed E-state index contributed by atoms with van der Waals surface area (Å²) >= 11 is 0. The van der Waals surface area contributed by atoms with Crippen LogP contribution in [0.15, 0.2) is 24.3 Å². The Morgan fingerprint density at radius 2 is 1.67 bits per heavy atom. The van der Waals surface area contributed by atoms with E-state index in [2.05, 4.69) is 45.0 Å². The lowest BCUT2D eigenvalue weighted by molar-refractivity contribution is -0.530. The van der Waals surface area contributed by atoms with Crippen LogP contribution in [-0.2, 0) is 5.41 Å². The summed E-state index contributed by atoms with van der Waals surface area (Å²) in [5, 5.41) is 12.2. The maximum Gasteiger partial charge on any atom is 0.195 e. The molecule has 0 radical (unpaired) electrons. The number of rotatable bonds is 1. The van der Waals surface area contributed by atoms with Crippen LogP contribution in [0.3, 0.4) is 0 Å². The Morgan fingerprint density at radius 1 is 1.11 bits per heavy atom.